The van der Waals surface area contributed by atoms with E-state index >= 15 is 0 Å². The fourth-order valence-corrected chi connectivity index (χ4v) is 2.97. The molecule has 2 aromatic rings. The number of carbonyl (C=O) groups excluding carboxylic acids is 1. The zero-order chi connectivity index (χ0) is 16.1. The van der Waals surface area contributed by atoms with E-state index in [0.29, 0.717) is 0 Å². The Morgan fingerprint density at radius 1 is 1.22 bits per heavy atom. The summed E-state index contributed by atoms with van der Waals surface area (Å²) in [5.41, 5.74) is 1.22. The van der Waals surface area contributed by atoms with Gasteiger partial charge in [-0.2, -0.15) is 0 Å². The Bertz CT molecular complexity index is 651. The lowest BCUT2D eigenvalue weighted by molar-refractivity contribution is -0.119. The third kappa shape index (κ3) is 4.28. The molecule has 120 valence electrons. The summed E-state index contributed by atoms with van der Waals surface area (Å²) in [6.07, 6.45) is 4.49. The number of anilines is 1. The van der Waals surface area contributed by atoms with Gasteiger partial charge in [-0.1, -0.05) is 30.3 Å². The standard InChI is InChI=1S/C18H22N4O/c1-14(23)20-16-8-11-22(12-9-16)18-7-10-19-17(21-18)13-15-5-3-2-4-6-15/h2-7,10,16H,8-9,11-13H2,1H3,(H,20,23). The molecule has 5 heteroatoms. The highest BCUT2D eigenvalue weighted by Gasteiger charge is 2.20. The molecule has 23 heavy (non-hydrogen) atoms. The van der Waals surface area contributed by atoms with Gasteiger partial charge in [-0.15, -0.1) is 0 Å². The van der Waals surface area contributed by atoms with E-state index in [1.165, 1.54) is 5.56 Å². The molecule has 0 bridgehead atoms. The molecule has 1 aromatic carbocycles. The maximum Gasteiger partial charge on any atom is 0.217 e. The highest BCUT2D eigenvalue weighted by Crippen LogP contribution is 2.18. The minimum atomic E-state index is 0.0515. The molecule has 0 saturated carbocycles. The zero-order valence-electron chi connectivity index (χ0n) is 13.4. The number of aromatic nitrogens is 2. The first-order chi connectivity index (χ1) is 11.2. The van der Waals surface area contributed by atoms with E-state index < -0.39 is 0 Å². The number of piperidine rings is 1. The molecule has 0 unspecified atom stereocenters. The van der Waals surface area contributed by atoms with Crippen molar-refractivity contribution in [1.29, 1.82) is 0 Å². The van der Waals surface area contributed by atoms with Crippen molar-refractivity contribution < 1.29 is 4.79 Å². The van der Waals surface area contributed by atoms with Crippen LogP contribution in [0, 0.1) is 0 Å². The summed E-state index contributed by atoms with van der Waals surface area (Å²) in [5, 5.41) is 3.00. The van der Waals surface area contributed by atoms with Crippen LogP contribution in [0.15, 0.2) is 42.6 Å². The summed E-state index contributed by atoms with van der Waals surface area (Å²) in [7, 11) is 0. The van der Waals surface area contributed by atoms with Crippen LogP contribution in [0.5, 0.6) is 0 Å². The van der Waals surface area contributed by atoms with Gasteiger partial charge in [0.05, 0.1) is 0 Å². The van der Waals surface area contributed by atoms with Gasteiger partial charge in [-0.25, -0.2) is 9.97 Å². The van der Waals surface area contributed by atoms with E-state index in [1.807, 2.05) is 30.5 Å². The molecule has 0 atom stereocenters. The molecular formula is C18H22N4O. The average Bonchev–Trinajstić information content (AvgIpc) is 2.56. The fraction of sp³-hybridized carbons (Fsp3) is 0.389. The molecule has 1 aromatic heterocycles. The molecule has 3 rings (SSSR count). The van der Waals surface area contributed by atoms with Crippen LogP contribution in [0.1, 0.15) is 31.2 Å². The lowest BCUT2D eigenvalue weighted by atomic mass is 10.1. The Morgan fingerprint density at radius 3 is 2.65 bits per heavy atom. The monoisotopic (exact) mass is 310 g/mol. The minimum Gasteiger partial charge on any atom is -0.356 e. The van der Waals surface area contributed by atoms with Crippen LogP contribution in [0.2, 0.25) is 0 Å². The van der Waals surface area contributed by atoms with Crippen molar-refractivity contribution in [3.8, 4) is 0 Å². The van der Waals surface area contributed by atoms with Crippen LogP contribution in [0.3, 0.4) is 0 Å². The largest absolute Gasteiger partial charge is 0.356 e. The number of rotatable bonds is 4. The quantitative estimate of drug-likeness (QED) is 0.940. The molecule has 1 N–H and O–H groups in total. The molecule has 1 aliphatic heterocycles. The fourth-order valence-electron chi connectivity index (χ4n) is 2.97. The Kier molecular flexibility index (Phi) is 4.86. The van der Waals surface area contributed by atoms with E-state index in [9.17, 15) is 4.79 Å². The van der Waals surface area contributed by atoms with Gasteiger partial charge in [-0.3, -0.25) is 4.79 Å². The molecule has 0 aliphatic carbocycles. The molecule has 5 nitrogen and oxygen atoms in total. The van der Waals surface area contributed by atoms with Crippen LogP contribution in [-0.2, 0) is 11.2 Å². The predicted octanol–water partition coefficient (Wildman–Crippen LogP) is 2.17. The van der Waals surface area contributed by atoms with Crippen molar-refractivity contribution >= 4 is 11.7 Å². The van der Waals surface area contributed by atoms with E-state index in [0.717, 1.165) is 44.0 Å². The Balaban J connectivity index is 1.63. The number of benzene rings is 1. The smallest absolute Gasteiger partial charge is 0.217 e. The number of carbonyl (C=O) groups is 1. The molecule has 0 spiro atoms. The van der Waals surface area contributed by atoms with Crippen LogP contribution < -0.4 is 10.2 Å². The van der Waals surface area contributed by atoms with Crippen molar-refractivity contribution in [3.05, 3.63) is 54.0 Å². The number of hydrogen-bond acceptors (Lipinski definition) is 4. The van der Waals surface area contributed by atoms with Crippen LogP contribution in [0.4, 0.5) is 5.82 Å². The normalized spacial score (nSPS) is 15.4. The SMILES string of the molecule is CC(=O)NC1CCN(c2ccnc(Cc3ccccc3)n2)CC1. The van der Waals surface area contributed by atoms with Gasteiger partial charge >= 0.3 is 0 Å². The molecule has 0 radical (unpaired) electrons. The number of nitrogens with one attached hydrogen (secondary N) is 1. The first-order valence-corrected chi connectivity index (χ1v) is 8.08. The number of hydrogen-bond donors (Lipinski definition) is 1. The summed E-state index contributed by atoms with van der Waals surface area (Å²) < 4.78 is 0. The van der Waals surface area contributed by atoms with Crippen molar-refractivity contribution in [3.63, 3.8) is 0 Å². The Morgan fingerprint density at radius 2 is 1.96 bits per heavy atom. The van der Waals surface area contributed by atoms with Gasteiger partial charge in [0.1, 0.15) is 11.6 Å². The van der Waals surface area contributed by atoms with Crippen molar-refractivity contribution in [2.45, 2.75) is 32.2 Å². The van der Waals surface area contributed by atoms with Gasteiger partial charge in [0.25, 0.3) is 0 Å². The minimum absolute atomic E-state index is 0.0515. The summed E-state index contributed by atoms with van der Waals surface area (Å²) in [6, 6.07) is 12.5. The van der Waals surface area contributed by atoms with Gasteiger partial charge in [0.15, 0.2) is 0 Å². The molecule has 1 aliphatic rings. The second kappa shape index (κ2) is 7.22. The van der Waals surface area contributed by atoms with E-state index in [4.69, 9.17) is 4.98 Å². The third-order valence-electron chi connectivity index (χ3n) is 4.12. The van der Waals surface area contributed by atoms with Gasteiger partial charge in [-0.05, 0) is 24.5 Å². The lowest BCUT2D eigenvalue weighted by Crippen LogP contribution is -2.44. The van der Waals surface area contributed by atoms with Crippen molar-refractivity contribution in [1.82, 2.24) is 15.3 Å². The predicted molar refractivity (Wildman–Crippen MR) is 90.3 cm³/mol. The van der Waals surface area contributed by atoms with Gasteiger partial charge in [0.2, 0.25) is 5.91 Å². The van der Waals surface area contributed by atoms with Crippen LogP contribution in [0.25, 0.3) is 0 Å². The number of nitrogens with zero attached hydrogens (tertiary/aromatic N) is 3. The maximum absolute atomic E-state index is 11.1. The van der Waals surface area contributed by atoms with E-state index in [2.05, 4.69) is 27.3 Å². The molecular weight excluding hydrogens is 288 g/mol. The Hall–Kier alpha value is -2.43. The molecule has 1 amide bonds. The molecule has 2 heterocycles. The summed E-state index contributed by atoms with van der Waals surface area (Å²) in [4.78, 5) is 22.5. The van der Waals surface area contributed by atoms with Crippen LogP contribution >= 0.6 is 0 Å². The van der Waals surface area contributed by atoms with Crippen molar-refractivity contribution in [2.75, 3.05) is 18.0 Å². The first-order valence-electron chi connectivity index (χ1n) is 8.08. The second-order valence-electron chi connectivity index (χ2n) is 5.96. The zero-order valence-corrected chi connectivity index (χ0v) is 13.4. The summed E-state index contributed by atoms with van der Waals surface area (Å²) >= 11 is 0. The van der Waals surface area contributed by atoms with Crippen LogP contribution in [-0.4, -0.2) is 35.0 Å². The number of amides is 1. The molecule has 1 saturated heterocycles. The maximum atomic E-state index is 11.1. The average molecular weight is 310 g/mol. The summed E-state index contributed by atoms with van der Waals surface area (Å²) in [5.74, 6) is 1.88. The molecule has 1 fully saturated rings. The summed E-state index contributed by atoms with van der Waals surface area (Å²) in [6.45, 7) is 3.39. The highest BCUT2D eigenvalue weighted by atomic mass is 16.1. The topological polar surface area (TPSA) is 58.1 Å². The first kappa shape index (κ1) is 15.5. The van der Waals surface area contributed by atoms with E-state index in [-0.39, 0.29) is 11.9 Å². The Labute approximate surface area is 136 Å². The van der Waals surface area contributed by atoms with Gasteiger partial charge < -0.3 is 10.2 Å². The van der Waals surface area contributed by atoms with E-state index in [1.54, 1.807) is 6.92 Å². The van der Waals surface area contributed by atoms with Gasteiger partial charge in [0, 0.05) is 38.7 Å². The highest BCUT2D eigenvalue weighted by molar-refractivity contribution is 5.73. The second-order valence-corrected chi connectivity index (χ2v) is 5.96. The third-order valence-corrected chi connectivity index (χ3v) is 4.12. The lowest BCUT2D eigenvalue weighted by Gasteiger charge is -2.33. The van der Waals surface area contributed by atoms with Crippen molar-refractivity contribution in [2.24, 2.45) is 0 Å².